The highest BCUT2D eigenvalue weighted by atomic mass is 16.3. The lowest BCUT2D eigenvalue weighted by molar-refractivity contribution is 0.0724. The van der Waals surface area contributed by atoms with Crippen LogP contribution in [0.1, 0.15) is 29.3 Å². The molecule has 19 heavy (non-hydrogen) atoms. The van der Waals surface area contributed by atoms with E-state index in [1.807, 2.05) is 12.1 Å². The monoisotopic (exact) mass is 264 g/mol. The smallest absolute Gasteiger partial charge is 0.251 e. The van der Waals surface area contributed by atoms with Crippen LogP contribution >= 0.6 is 0 Å². The number of benzene rings is 1. The van der Waals surface area contributed by atoms with Gasteiger partial charge in [0.25, 0.3) is 5.91 Å². The van der Waals surface area contributed by atoms with Gasteiger partial charge in [0, 0.05) is 17.8 Å². The molecule has 0 saturated carbocycles. The number of amides is 1. The number of hydrogen-bond donors (Lipinski definition) is 4. The van der Waals surface area contributed by atoms with Crippen molar-refractivity contribution in [1.82, 2.24) is 5.32 Å². The first-order chi connectivity index (χ1) is 9.08. The molecule has 4 N–H and O–H groups in total. The normalized spacial score (nSPS) is 14.5. The predicted octanol–water partition coefficient (Wildman–Crippen LogP) is 0.518. The molecule has 5 nitrogen and oxygen atoms in total. The third kappa shape index (κ3) is 3.05. The van der Waals surface area contributed by atoms with Crippen molar-refractivity contribution in [2.75, 3.05) is 25.1 Å². The van der Waals surface area contributed by atoms with Crippen LogP contribution < -0.4 is 10.6 Å². The van der Waals surface area contributed by atoms with E-state index in [9.17, 15) is 15.0 Å². The van der Waals surface area contributed by atoms with Gasteiger partial charge in [-0.3, -0.25) is 4.79 Å². The van der Waals surface area contributed by atoms with Gasteiger partial charge in [0.2, 0.25) is 0 Å². The van der Waals surface area contributed by atoms with E-state index in [1.54, 1.807) is 13.0 Å². The van der Waals surface area contributed by atoms with Crippen LogP contribution in [-0.2, 0) is 6.42 Å². The number of rotatable bonds is 4. The number of carbonyl (C=O) groups excluding carboxylic acids is 1. The first kappa shape index (κ1) is 13.8. The number of aliphatic hydroxyl groups is 2. The lowest BCUT2D eigenvalue weighted by atomic mass is 9.99. The van der Waals surface area contributed by atoms with E-state index < -0.39 is 5.54 Å². The third-order valence-corrected chi connectivity index (χ3v) is 3.42. The first-order valence-corrected chi connectivity index (χ1v) is 6.49. The molecule has 1 heterocycles. The number of nitrogens with one attached hydrogen (secondary N) is 2. The van der Waals surface area contributed by atoms with Crippen LogP contribution in [0.15, 0.2) is 18.2 Å². The molecule has 1 aliphatic rings. The highest BCUT2D eigenvalue weighted by Crippen LogP contribution is 2.23. The number of aryl methyl sites for hydroxylation is 1. The van der Waals surface area contributed by atoms with Gasteiger partial charge in [-0.05, 0) is 43.5 Å². The molecule has 0 saturated heterocycles. The summed E-state index contributed by atoms with van der Waals surface area (Å²) in [6.07, 6.45) is 2.02. The molecule has 2 rings (SSSR count). The molecular weight excluding hydrogens is 244 g/mol. The number of hydrogen-bond acceptors (Lipinski definition) is 4. The summed E-state index contributed by atoms with van der Waals surface area (Å²) in [5.74, 6) is -0.279. The first-order valence-electron chi connectivity index (χ1n) is 6.49. The predicted molar refractivity (Wildman–Crippen MR) is 73.3 cm³/mol. The maximum atomic E-state index is 12.1. The summed E-state index contributed by atoms with van der Waals surface area (Å²) >= 11 is 0. The second kappa shape index (κ2) is 5.59. The second-order valence-corrected chi connectivity index (χ2v) is 5.23. The van der Waals surface area contributed by atoms with E-state index in [0.29, 0.717) is 5.56 Å². The fourth-order valence-corrected chi connectivity index (χ4v) is 2.09. The van der Waals surface area contributed by atoms with Crippen molar-refractivity contribution in [3.05, 3.63) is 29.3 Å². The Bertz CT molecular complexity index is 470. The lowest BCUT2D eigenvalue weighted by Crippen LogP contribution is -2.51. The van der Waals surface area contributed by atoms with Crippen molar-refractivity contribution in [2.24, 2.45) is 0 Å². The SMILES string of the molecule is CC(CO)(CO)NC(=O)c1ccc2c(c1)CCCN2. The standard InChI is InChI=1S/C14H20N2O3/c1-14(8-17,9-18)16-13(19)11-4-5-12-10(7-11)3-2-6-15-12/h4-5,7,15,17-18H,2-3,6,8-9H2,1H3,(H,16,19). The fourth-order valence-electron chi connectivity index (χ4n) is 2.09. The molecular formula is C14H20N2O3. The Balaban J connectivity index is 2.15. The van der Waals surface area contributed by atoms with Gasteiger partial charge in [-0.1, -0.05) is 0 Å². The van der Waals surface area contributed by atoms with Crippen molar-refractivity contribution in [2.45, 2.75) is 25.3 Å². The third-order valence-electron chi connectivity index (χ3n) is 3.42. The van der Waals surface area contributed by atoms with E-state index in [0.717, 1.165) is 30.6 Å². The molecule has 104 valence electrons. The Morgan fingerprint density at radius 1 is 1.42 bits per heavy atom. The average Bonchev–Trinajstić information content (AvgIpc) is 2.46. The van der Waals surface area contributed by atoms with Gasteiger partial charge in [-0.2, -0.15) is 0 Å². The molecule has 0 unspecified atom stereocenters. The van der Waals surface area contributed by atoms with Crippen LogP contribution in [0, 0.1) is 0 Å². The topological polar surface area (TPSA) is 81.6 Å². The quantitative estimate of drug-likeness (QED) is 0.639. The van der Waals surface area contributed by atoms with Crippen molar-refractivity contribution >= 4 is 11.6 Å². The minimum absolute atomic E-state index is 0.279. The van der Waals surface area contributed by atoms with Crippen LogP contribution in [0.4, 0.5) is 5.69 Å². The molecule has 5 heteroatoms. The van der Waals surface area contributed by atoms with Crippen LogP contribution in [0.5, 0.6) is 0 Å². The Morgan fingerprint density at radius 2 is 2.16 bits per heavy atom. The summed E-state index contributed by atoms with van der Waals surface area (Å²) in [5, 5.41) is 24.3. The molecule has 0 aliphatic carbocycles. The van der Waals surface area contributed by atoms with E-state index in [-0.39, 0.29) is 19.1 Å². The van der Waals surface area contributed by atoms with E-state index in [2.05, 4.69) is 10.6 Å². The maximum absolute atomic E-state index is 12.1. The molecule has 0 atom stereocenters. The molecule has 1 aromatic carbocycles. The Morgan fingerprint density at radius 3 is 2.84 bits per heavy atom. The Kier molecular flexibility index (Phi) is 4.07. The minimum atomic E-state index is -0.995. The van der Waals surface area contributed by atoms with Gasteiger partial charge in [0.15, 0.2) is 0 Å². The molecule has 0 fully saturated rings. The zero-order chi connectivity index (χ0) is 13.9. The van der Waals surface area contributed by atoms with Crippen molar-refractivity contribution in [3.8, 4) is 0 Å². The number of aliphatic hydroxyl groups excluding tert-OH is 2. The van der Waals surface area contributed by atoms with Gasteiger partial charge in [-0.25, -0.2) is 0 Å². The summed E-state index contributed by atoms with van der Waals surface area (Å²) in [6, 6.07) is 5.52. The number of carbonyl (C=O) groups is 1. The van der Waals surface area contributed by atoms with Crippen LogP contribution in [0.2, 0.25) is 0 Å². The van der Waals surface area contributed by atoms with Gasteiger partial charge in [0.05, 0.1) is 18.8 Å². The number of anilines is 1. The highest BCUT2D eigenvalue weighted by Gasteiger charge is 2.25. The van der Waals surface area contributed by atoms with Crippen molar-refractivity contribution in [3.63, 3.8) is 0 Å². The van der Waals surface area contributed by atoms with E-state index >= 15 is 0 Å². The second-order valence-electron chi connectivity index (χ2n) is 5.23. The van der Waals surface area contributed by atoms with Gasteiger partial charge in [-0.15, -0.1) is 0 Å². The van der Waals surface area contributed by atoms with Crippen LogP contribution in [-0.4, -0.2) is 41.4 Å². The average molecular weight is 264 g/mol. The van der Waals surface area contributed by atoms with Gasteiger partial charge >= 0.3 is 0 Å². The van der Waals surface area contributed by atoms with E-state index in [1.165, 1.54) is 0 Å². The maximum Gasteiger partial charge on any atom is 0.251 e. The fraction of sp³-hybridized carbons (Fsp3) is 0.500. The molecule has 1 amide bonds. The molecule has 0 aromatic heterocycles. The molecule has 0 radical (unpaired) electrons. The summed E-state index contributed by atoms with van der Waals surface area (Å²) in [7, 11) is 0. The highest BCUT2D eigenvalue weighted by molar-refractivity contribution is 5.95. The summed E-state index contributed by atoms with van der Waals surface area (Å²) in [5.41, 5.74) is 1.77. The van der Waals surface area contributed by atoms with Gasteiger partial charge < -0.3 is 20.8 Å². The summed E-state index contributed by atoms with van der Waals surface area (Å²) in [4.78, 5) is 12.1. The van der Waals surface area contributed by atoms with Gasteiger partial charge in [0.1, 0.15) is 0 Å². The molecule has 1 aliphatic heterocycles. The van der Waals surface area contributed by atoms with E-state index in [4.69, 9.17) is 0 Å². The molecule has 1 aromatic rings. The number of fused-ring (bicyclic) bond motifs is 1. The zero-order valence-corrected chi connectivity index (χ0v) is 11.1. The Hall–Kier alpha value is -1.59. The van der Waals surface area contributed by atoms with Crippen LogP contribution in [0.3, 0.4) is 0 Å². The molecule has 0 spiro atoms. The molecule has 0 bridgehead atoms. The van der Waals surface area contributed by atoms with Crippen molar-refractivity contribution in [1.29, 1.82) is 0 Å². The Labute approximate surface area is 112 Å². The zero-order valence-electron chi connectivity index (χ0n) is 11.1. The summed E-state index contributed by atoms with van der Waals surface area (Å²) < 4.78 is 0. The van der Waals surface area contributed by atoms with Crippen molar-refractivity contribution < 1.29 is 15.0 Å². The summed E-state index contributed by atoms with van der Waals surface area (Å²) in [6.45, 7) is 1.96. The minimum Gasteiger partial charge on any atom is -0.394 e. The largest absolute Gasteiger partial charge is 0.394 e. The lowest BCUT2D eigenvalue weighted by Gasteiger charge is -2.26. The van der Waals surface area contributed by atoms with Crippen LogP contribution in [0.25, 0.3) is 0 Å².